The molecule has 1 N–H and O–H groups in total. The van der Waals surface area contributed by atoms with Gasteiger partial charge >= 0.3 is 18.9 Å². The van der Waals surface area contributed by atoms with Gasteiger partial charge in [0, 0.05) is 7.05 Å². The first-order valence-corrected chi connectivity index (χ1v) is 1.02. The second kappa shape index (κ2) is 8.95. The number of rotatable bonds is 1. The molecule has 0 aromatic heterocycles. The van der Waals surface area contributed by atoms with Gasteiger partial charge in [0.25, 0.3) is 0 Å². The summed E-state index contributed by atoms with van der Waals surface area (Å²) in [7, 11) is 1.56. The van der Waals surface area contributed by atoms with E-state index in [0.29, 0.717) is 6.41 Å². The minimum absolute atomic E-state index is 0. The summed E-state index contributed by atoms with van der Waals surface area (Å²) in [4.78, 5) is 9.06. The molecule has 0 saturated heterocycles. The summed E-state index contributed by atoms with van der Waals surface area (Å²) < 4.78 is 0. The normalized spacial score (nSPS) is 4.20. The predicted molar refractivity (Wildman–Crippen MR) is 22.3 cm³/mol. The number of carbonyl (C=O) groups is 1. The maximum absolute atomic E-state index is 9.06. The Morgan fingerprint density at radius 3 is 2.00 bits per heavy atom. The van der Waals surface area contributed by atoms with Crippen molar-refractivity contribution in [3.8, 4) is 0 Å². The van der Waals surface area contributed by atoms with Gasteiger partial charge in [-0.25, -0.2) is 0 Å². The van der Waals surface area contributed by atoms with Crippen LogP contribution in [0.25, 0.3) is 0 Å². The van der Waals surface area contributed by atoms with Crippen LogP contribution in [-0.2, 0) is 4.79 Å². The molecular weight excluding hydrogens is 61.0 g/mol. The molecule has 0 aliphatic rings. The van der Waals surface area contributed by atoms with Crippen molar-refractivity contribution < 1.29 is 4.79 Å². The van der Waals surface area contributed by atoms with E-state index < -0.39 is 0 Å². The van der Waals surface area contributed by atoms with E-state index in [-0.39, 0.29) is 18.9 Å². The van der Waals surface area contributed by atoms with E-state index in [1.165, 1.54) is 0 Å². The third-order valence-electron chi connectivity index (χ3n) is 0.118. The number of hydrogen-bond donors (Lipinski definition) is 1. The summed E-state index contributed by atoms with van der Waals surface area (Å²) in [5.41, 5.74) is 0. The van der Waals surface area contributed by atoms with Crippen LogP contribution in [0.4, 0.5) is 0 Å². The molecule has 0 aliphatic carbocycles. The van der Waals surface area contributed by atoms with Crippen LogP contribution in [0.1, 0.15) is 0 Å². The molecule has 0 rings (SSSR count). The van der Waals surface area contributed by atoms with Crippen molar-refractivity contribution in [1.29, 1.82) is 0 Å². The standard InChI is InChI=1S/C2H5NO.Li.H/c1-3-2-4;;/h2H,1H3,(H,3,4);;. The maximum atomic E-state index is 9.06. The first-order valence-electron chi connectivity index (χ1n) is 1.02. The average molecular weight is 67.0 g/mol. The molecule has 0 spiro atoms. The van der Waals surface area contributed by atoms with Gasteiger partial charge < -0.3 is 5.32 Å². The molecule has 5 heavy (non-hydrogen) atoms. The number of nitrogens with one attached hydrogen (secondary N) is 1. The summed E-state index contributed by atoms with van der Waals surface area (Å²) in [6.07, 6.45) is 0.625. The molecule has 0 radical (unpaired) electrons. The SMILES string of the molecule is CNC=O.[LiH]. The zero-order chi connectivity index (χ0) is 3.41. The van der Waals surface area contributed by atoms with E-state index in [1.54, 1.807) is 7.05 Å². The van der Waals surface area contributed by atoms with Crippen LogP contribution >= 0.6 is 0 Å². The van der Waals surface area contributed by atoms with Gasteiger partial charge in [-0.05, 0) is 0 Å². The van der Waals surface area contributed by atoms with Crippen LogP contribution in [-0.4, -0.2) is 32.3 Å². The summed E-state index contributed by atoms with van der Waals surface area (Å²) >= 11 is 0. The third-order valence-corrected chi connectivity index (χ3v) is 0.118. The Morgan fingerprint density at radius 1 is 1.80 bits per heavy atom. The molecule has 0 aromatic carbocycles. The zero-order valence-corrected chi connectivity index (χ0v) is 2.49. The second-order valence-electron chi connectivity index (χ2n) is 0.407. The molecule has 0 heterocycles. The predicted octanol–water partition coefficient (Wildman–Crippen LogP) is -1.29. The van der Waals surface area contributed by atoms with Crippen molar-refractivity contribution in [3.05, 3.63) is 0 Å². The van der Waals surface area contributed by atoms with Crippen molar-refractivity contribution in [1.82, 2.24) is 5.32 Å². The van der Waals surface area contributed by atoms with Gasteiger partial charge in [0.1, 0.15) is 0 Å². The summed E-state index contributed by atoms with van der Waals surface area (Å²) in [5.74, 6) is 0. The zero-order valence-electron chi connectivity index (χ0n) is 2.49. The molecular formula is C2H6LiNO. The molecule has 1 amide bonds. The van der Waals surface area contributed by atoms with E-state index in [1.807, 2.05) is 0 Å². The fourth-order valence-electron chi connectivity index (χ4n) is 0. The third kappa shape index (κ3) is 15.3. The van der Waals surface area contributed by atoms with Crippen molar-refractivity contribution in [3.63, 3.8) is 0 Å². The quantitative estimate of drug-likeness (QED) is 0.300. The van der Waals surface area contributed by atoms with Crippen molar-refractivity contribution in [2.75, 3.05) is 7.05 Å². The van der Waals surface area contributed by atoms with Crippen LogP contribution in [0.3, 0.4) is 0 Å². The minimum atomic E-state index is 0. The number of hydrogen-bond acceptors (Lipinski definition) is 1. The topological polar surface area (TPSA) is 29.1 Å². The van der Waals surface area contributed by atoms with Crippen molar-refractivity contribution in [2.24, 2.45) is 0 Å². The van der Waals surface area contributed by atoms with Gasteiger partial charge in [0.2, 0.25) is 6.41 Å². The monoisotopic (exact) mass is 67.1 g/mol. The molecule has 0 saturated carbocycles. The molecule has 0 aromatic rings. The van der Waals surface area contributed by atoms with Gasteiger partial charge in [0.05, 0.1) is 0 Å². The van der Waals surface area contributed by atoms with E-state index in [4.69, 9.17) is 4.79 Å². The molecule has 0 aliphatic heterocycles. The van der Waals surface area contributed by atoms with E-state index in [0.717, 1.165) is 0 Å². The van der Waals surface area contributed by atoms with Crippen LogP contribution < -0.4 is 5.32 Å². The van der Waals surface area contributed by atoms with Gasteiger partial charge in [-0.3, -0.25) is 4.79 Å². The molecule has 0 fully saturated rings. The van der Waals surface area contributed by atoms with Crippen LogP contribution in [0.2, 0.25) is 0 Å². The summed E-state index contributed by atoms with van der Waals surface area (Å²) in [6.45, 7) is 0. The van der Waals surface area contributed by atoms with Crippen LogP contribution in [0.15, 0.2) is 0 Å². The second-order valence-corrected chi connectivity index (χ2v) is 0.407. The van der Waals surface area contributed by atoms with E-state index in [9.17, 15) is 0 Å². The Balaban J connectivity index is 0. The Morgan fingerprint density at radius 2 is 2.00 bits per heavy atom. The Kier molecular flexibility index (Phi) is 16.0. The Labute approximate surface area is 43.1 Å². The van der Waals surface area contributed by atoms with Gasteiger partial charge in [-0.2, -0.15) is 0 Å². The summed E-state index contributed by atoms with van der Waals surface area (Å²) in [5, 5.41) is 2.25. The number of carbonyl (C=O) groups excluding carboxylic acids is 1. The first-order chi connectivity index (χ1) is 1.91. The molecule has 26 valence electrons. The molecule has 2 nitrogen and oxygen atoms in total. The summed E-state index contributed by atoms with van der Waals surface area (Å²) in [6, 6.07) is 0. The van der Waals surface area contributed by atoms with Gasteiger partial charge in [-0.1, -0.05) is 0 Å². The Hall–Kier alpha value is 0.0674. The molecule has 0 atom stereocenters. The molecule has 0 unspecified atom stereocenters. The van der Waals surface area contributed by atoms with Crippen LogP contribution in [0, 0.1) is 0 Å². The fraction of sp³-hybridized carbons (Fsp3) is 0.500. The fourth-order valence-corrected chi connectivity index (χ4v) is 0. The Bertz CT molecular complexity index is 23.6. The van der Waals surface area contributed by atoms with E-state index in [2.05, 4.69) is 5.32 Å². The van der Waals surface area contributed by atoms with Gasteiger partial charge in [0.15, 0.2) is 0 Å². The molecule has 3 heteroatoms. The van der Waals surface area contributed by atoms with Crippen molar-refractivity contribution >= 4 is 25.3 Å². The van der Waals surface area contributed by atoms with Crippen LogP contribution in [0.5, 0.6) is 0 Å². The van der Waals surface area contributed by atoms with E-state index >= 15 is 0 Å². The van der Waals surface area contributed by atoms with Gasteiger partial charge in [-0.15, -0.1) is 0 Å². The van der Waals surface area contributed by atoms with Crippen molar-refractivity contribution in [2.45, 2.75) is 0 Å². The average Bonchev–Trinajstić information content (AvgIpc) is 1.37. The number of amides is 1. The molecule has 0 bridgehead atoms. The first kappa shape index (κ1) is 8.91.